The molecule has 1 aliphatic carbocycles. The van der Waals surface area contributed by atoms with Crippen LogP contribution >= 0.6 is 0 Å². The lowest BCUT2D eigenvalue weighted by atomic mass is 9.58. The second-order valence-electron chi connectivity index (χ2n) is 9.70. The van der Waals surface area contributed by atoms with E-state index in [1.54, 1.807) is 0 Å². The van der Waals surface area contributed by atoms with Gasteiger partial charge in [0.05, 0.1) is 6.10 Å². The van der Waals surface area contributed by atoms with E-state index in [4.69, 9.17) is 0 Å². The van der Waals surface area contributed by atoms with E-state index in [0.717, 1.165) is 25.9 Å². The van der Waals surface area contributed by atoms with Crippen molar-refractivity contribution < 1.29 is 5.11 Å². The van der Waals surface area contributed by atoms with Gasteiger partial charge in [0.15, 0.2) is 0 Å². The van der Waals surface area contributed by atoms with Crippen LogP contribution in [0.1, 0.15) is 80.1 Å². The van der Waals surface area contributed by atoms with Gasteiger partial charge in [0, 0.05) is 23.9 Å². The molecule has 0 unspecified atom stereocenters. The van der Waals surface area contributed by atoms with Gasteiger partial charge >= 0.3 is 0 Å². The molecule has 0 saturated heterocycles. The van der Waals surface area contributed by atoms with Gasteiger partial charge in [-0.3, -0.25) is 4.90 Å². The Kier molecular flexibility index (Phi) is 7.33. The minimum absolute atomic E-state index is 0.0652. The van der Waals surface area contributed by atoms with E-state index >= 15 is 0 Å². The molecule has 0 amide bonds. The van der Waals surface area contributed by atoms with Gasteiger partial charge in [-0.1, -0.05) is 55.7 Å². The Morgan fingerprint density at radius 3 is 2.62 bits per heavy atom. The summed E-state index contributed by atoms with van der Waals surface area (Å²) < 4.78 is 0. The topological polar surface area (TPSA) is 23.5 Å². The van der Waals surface area contributed by atoms with E-state index in [9.17, 15) is 5.11 Å². The summed E-state index contributed by atoms with van der Waals surface area (Å²) >= 11 is 0. The Bertz CT molecular complexity index is 565. The number of aliphatic hydroxyl groups is 1. The summed E-state index contributed by atoms with van der Waals surface area (Å²) in [4.78, 5) is 2.61. The number of unbranched alkanes of at least 4 members (excludes halogenated alkanes) is 1. The van der Waals surface area contributed by atoms with Crippen LogP contribution in [-0.4, -0.2) is 35.7 Å². The minimum atomic E-state index is -0.187. The van der Waals surface area contributed by atoms with E-state index in [2.05, 4.69) is 64.7 Å². The molecular formula is C24H41NO. The Hall–Kier alpha value is -0.860. The molecule has 2 aliphatic rings. The summed E-state index contributed by atoms with van der Waals surface area (Å²) in [6.45, 7) is 16.8. The number of allylic oxidation sites excluding steroid dienone is 4. The Morgan fingerprint density at radius 1 is 1.19 bits per heavy atom. The maximum Gasteiger partial charge on any atom is 0.0628 e. The van der Waals surface area contributed by atoms with Crippen molar-refractivity contribution >= 4 is 0 Å². The molecule has 2 nitrogen and oxygen atoms in total. The fourth-order valence-corrected chi connectivity index (χ4v) is 4.88. The van der Waals surface area contributed by atoms with Gasteiger partial charge in [-0.15, -0.1) is 0 Å². The smallest absolute Gasteiger partial charge is 0.0628 e. The highest BCUT2D eigenvalue weighted by Gasteiger charge is 2.48. The first-order valence-corrected chi connectivity index (χ1v) is 10.6. The molecule has 2 rings (SSSR count). The van der Waals surface area contributed by atoms with Crippen molar-refractivity contribution in [1.29, 1.82) is 0 Å². The van der Waals surface area contributed by atoms with Crippen molar-refractivity contribution in [2.45, 2.75) is 86.2 Å². The van der Waals surface area contributed by atoms with Crippen molar-refractivity contribution in [1.82, 2.24) is 4.90 Å². The van der Waals surface area contributed by atoms with Crippen molar-refractivity contribution in [3.63, 3.8) is 0 Å². The first kappa shape index (κ1) is 21.4. The maximum absolute atomic E-state index is 10.4. The van der Waals surface area contributed by atoms with Gasteiger partial charge in [-0.05, 0) is 65.8 Å². The summed E-state index contributed by atoms with van der Waals surface area (Å²) in [6, 6.07) is 0. The predicted molar refractivity (Wildman–Crippen MR) is 113 cm³/mol. The molecule has 1 fully saturated rings. The SMILES string of the molecule is CC(C)=CCC/C(C)=C/CCCN1CC=C2C(C)(C)[C@H](O)CC[C@]2(C)C1. The van der Waals surface area contributed by atoms with Crippen molar-refractivity contribution in [3.05, 3.63) is 34.9 Å². The van der Waals surface area contributed by atoms with Crippen LogP contribution in [0, 0.1) is 10.8 Å². The highest BCUT2D eigenvalue weighted by Crippen LogP contribution is 2.52. The van der Waals surface area contributed by atoms with E-state index in [1.807, 2.05) is 0 Å². The third-order valence-corrected chi connectivity index (χ3v) is 6.54. The summed E-state index contributed by atoms with van der Waals surface area (Å²) in [5.74, 6) is 0. The molecule has 0 aromatic heterocycles. The highest BCUT2D eigenvalue weighted by atomic mass is 16.3. The van der Waals surface area contributed by atoms with Crippen LogP contribution in [-0.2, 0) is 0 Å². The van der Waals surface area contributed by atoms with Crippen LogP contribution in [0.4, 0.5) is 0 Å². The van der Waals surface area contributed by atoms with E-state index in [-0.39, 0.29) is 16.9 Å². The van der Waals surface area contributed by atoms with Crippen LogP contribution in [0.2, 0.25) is 0 Å². The Morgan fingerprint density at radius 2 is 1.92 bits per heavy atom. The number of fused-ring (bicyclic) bond motifs is 1. The lowest BCUT2D eigenvalue weighted by molar-refractivity contribution is -0.00171. The fraction of sp³-hybridized carbons (Fsp3) is 0.750. The number of rotatable bonds is 7. The Labute approximate surface area is 162 Å². The fourth-order valence-electron chi connectivity index (χ4n) is 4.88. The average Bonchev–Trinajstić information content (AvgIpc) is 2.55. The van der Waals surface area contributed by atoms with Gasteiger partial charge < -0.3 is 5.11 Å². The molecule has 0 bridgehead atoms. The van der Waals surface area contributed by atoms with Crippen molar-refractivity contribution in [3.8, 4) is 0 Å². The molecule has 1 heterocycles. The minimum Gasteiger partial charge on any atom is -0.392 e. The normalized spacial score (nSPS) is 29.1. The van der Waals surface area contributed by atoms with Gasteiger partial charge in [0.25, 0.3) is 0 Å². The molecule has 1 N–H and O–H groups in total. The molecule has 0 spiro atoms. The van der Waals surface area contributed by atoms with Gasteiger partial charge in [0.1, 0.15) is 0 Å². The molecule has 1 saturated carbocycles. The zero-order valence-corrected chi connectivity index (χ0v) is 18.1. The molecule has 0 aromatic carbocycles. The maximum atomic E-state index is 10.4. The van der Waals surface area contributed by atoms with Crippen LogP contribution in [0.5, 0.6) is 0 Å². The second-order valence-corrected chi connectivity index (χ2v) is 9.70. The van der Waals surface area contributed by atoms with E-state index < -0.39 is 0 Å². The van der Waals surface area contributed by atoms with Crippen LogP contribution < -0.4 is 0 Å². The van der Waals surface area contributed by atoms with Crippen LogP contribution in [0.25, 0.3) is 0 Å². The predicted octanol–water partition coefficient (Wildman–Crippen LogP) is 5.89. The number of nitrogens with zero attached hydrogens (tertiary/aromatic N) is 1. The molecule has 0 radical (unpaired) electrons. The third kappa shape index (κ3) is 5.33. The van der Waals surface area contributed by atoms with E-state index in [0.29, 0.717) is 0 Å². The number of hydrogen-bond acceptors (Lipinski definition) is 2. The zero-order chi connectivity index (χ0) is 19.4. The molecule has 2 heteroatoms. The molecule has 26 heavy (non-hydrogen) atoms. The Balaban J connectivity index is 1.81. The molecule has 0 aromatic rings. The summed E-state index contributed by atoms with van der Waals surface area (Å²) in [7, 11) is 0. The van der Waals surface area contributed by atoms with Crippen LogP contribution in [0.15, 0.2) is 34.9 Å². The van der Waals surface area contributed by atoms with E-state index in [1.165, 1.54) is 48.9 Å². The summed E-state index contributed by atoms with van der Waals surface area (Å²) in [6.07, 6.45) is 13.8. The average molecular weight is 360 g/mol. The molecule has 148 valence electrons. The molecular weight excluding hydrogens is 318 g/mol. The molecule has 1 aliphatic heterocycles. The molecule has 2 atom stereocenters. The highest BCUT2D eigenvalue weighted by molar-refractivity contribution is 5.28. The largest absolute Gasteiger partial charge is 0.392 e. The third-order valence-electron chi connectivity index (χ3n) is 6.54. The van der Waals surface area contributed by atoms with Crippen molar-refractivity contribution in [2.75, 3.05) is 19.6 Å². The monoisotopic (exact) mass is 359 g/mol. The quantitative estimate of drug-likeness (QED) is 0.452. The lowest BCUT2D eigenvalue weighted by Crippen LogP contribution is -2.51. The zero-order valence-electron chi connectivity index (χ0n) is 18.1. The number of hydrogen-bond donors (Lipinski definition) is 1. The van der Waals surface area contributed by atoms with Crippen molar-refractivity contribution in [2.24, 2.45) is 10.8 Å². The summed E-state index contributed by atoms with van der Waals surface area (Å²) in [5, 5.41) is 10.4. The van der Waals surface area contributed by atoms with Gasteiger partial charge in [-0.25, -0.2) is 0 Å². The van der Waals surface area contributed by atoms with Crippen LogP contribution in [0.3, 0.4) is 0 Å². The second kappa shape index (κ2) is 8.89. The van der Waals surface area contributed by atoms with Gasteiger partial charge in [0.2, 0.25) is 0 Å². The standard InChI is InChI=1S/C24H41NO/c1-19(2)10-9-12-20(3)11-7-8-16-25-17-14-21-23(4,5)22(26)13-15-24(21,6)18-25/h10-11,14,22,26H,7-9,12-13,15-18H2,1-6H3/b20-11+/t22-,24-/m1/s1. The first-order valence-electron chi connectivity index (χ1n) is 10.6. The lowest BCUT2D eigenvalue weighted by Gasteiger charge is -2.52. The number of aliphatic hydroxyl groups excluding tert-OH is 1. The van der Waals surface area contributed by atoms with Gasteiger partial charge in [-0.2, -0.15) is 0 Å². The summed E-state index contributed by atoms with van der Waals surface area (Å²) in [5.41, 5.74) is 4.62. The first-order chi connectivity index (χ1) is 12.1.